The number of hydrogen-bond acceptors (Lipinski definition) is 5. The van der Waals surface area contributed by atoms with Gasteiger partial charge in [-0.15, -0.1) is 0 Å². The zero-order chi connectivity index (χ0) is 21.1. The molecule has 0 atom stereocenters. The minimum atomic E-state index is -3.92. The summed E-state index contributed by atoms with van der Waals surface area (Å²) in [7, 11) is -3.92. The molecule has 1 aliphatic carbocycles. The van der Waals surface area contributed by atoms with Crippen LogP contribution in [0.4, 0.5) is 10.1 Å². The second-order valence-corrected chi connectivity index (χ2v) is 8.71. The number of nitriles is 1. The summed E-state index contributed by atoms with van der Waals surface area (Å²) < 4.78 is 47.3. The van der Waals surface area contributed by atoms with Gasteiger partial charge >= 0.3 is 0 Å². The van der Waals surface area contributed by atoms with E-state index in [0.717, 1.165) is 12.8 Å². The van der Waals surface area contributed by atoms with Crippen molar-refractivity contribution in [3.63, 3.8) is 0 Å². The Morgan fingerprint density at radius 1 is 1.13 bits per heavy atom. The Morgan fingerprint density at radius 2 is 1.83 bits per heavy atom. The van der Waals surface area contributed by atoms with Crippen molar-refractivity contribution in [2.45, 2.75) is 17.7 Å². The second-order valence-electron chi connectivity index (χ2n) is 7.03. The molecule has 0 amide bonds. The van der Waals surface area contributed by atoms with Crippen molar-refractivity contribution in [2.24, 2.45) is 5.92 Å². The molecule has 0 spiro atoms. The number of aromatic nitrogens is 1. The molecule has 1 saturated carbocycles. The van der Waals surface area contributed by atoms with E-state index in [0.29, 0.717) is 18.1 Å². The minimum absolute atomic E-state index is 0.0719. The van der Waals surface area contributed by atoms with E-state index in [4.69, 9.17) is 4.74 Å². The Bertz CT molecular complexity index is 1200. The third kappa shape index (κ3) is 4.42. The predicted molar refractivity (Wildman–Crippen MR) is 110 cm³/mol. The van der Waals surface area contributed by atoms with Crippen LogP contribution in [0.15, 0.2) is 65.6 Å². The average Bonchev–Trinajstić information content (AvgIpc) is 3.58. The molecule has 0 radical (unpaired) electrons. The van der Waals surface area contributed by atoms with Gasteiger partial charge in [-0.3, -0.25) is 4.72 Å². The molecular weight excluding hydrogens is 405 g/mol. The van der Waals surface area contributed by atoms with Crippen LogP contribution in [-0.2, 0) is 10.0 Å². The van der Waals surface area contributed by atoms with Crippen molar-refractivity contribution >= 4 is 15.7 Å². The van der Waals surface area contributed by atoms with Gasteiger partial charge in [0, 0.05) is 5.56 Å². The van der Waals surface area contributed by atoms with E-state index in [1.165, 1.54) is 42.5 Å². The highest BCUT2D eigenvalue weighted by atomic mass is 32.2. The van der Waals surface area contributed by atoms with E-state index in [9.17, 15) is 18.1 Å². The Kier molecular flexibility index (Phi) is 5.38. The topological polar surface area (TPSA) is 92.1 Å². The van der Waals surface area contributed by atoms with Crippen LogP contribution >= 0.6 is 0 Å². The maximum absolute atomic E-state index is 13.4. The first-order chi connectivity index (χ1) is 14.5. The van der Waals surface area contributed by atoms with Gasteiger partial charge in [0.15, 0.2) is 0 Å². The minimum Gasteiger partial charge on any atom is -0.476 e. The Balaban J connectivity index is 1.79. The highest BCUT2D eigenvalue weighted by Gasteiger charge is 2.24. The van der Waals surface area contributed by atoms with Crippen LogP contribution in [0.25, 0.3) is 11.3 Å². The number of halogens is 1. The molecular formula is C22H18FN3O3S. The number of pyridine rings is 1. The monoisotopic (exact) mass is 423 g/mol. The molecule has 0 saturated heterocycles. The summed E-state index contributed by atoms with van der Waals surface area (Å²) >= 11 is 0. The standard InChI is InChI=1S/C22H18FN3O3S/c23-18-10-8-16(9-11-18)21-20(26-30(27,28)19-4-2-1-3-5-19)12-17(13-24)22(25-21)29-14-15-6-7-15/h1-5,8-12,15,26H,6-7,14H2. The summed E-state index contributed by atoms with van der Waals surface area (Å²) in [6.07, 6.45) is 2.14. The molecule has 6 nitrogen and oxygen atoms in total. The molecule has 152 valence electrons. The maximum atomic E-state index is 13.4. The Labute approximate surface area is 174 Å². The lowest BCUT2D eigenvalue weighted by Crippen LogP contribution is -2.15. The van der Waals surface area contributed by atoms with Crippen LogP contribution in [-0.4, -0.2) is 20.0 Å². The number of rotatable bonds is 7. The van der Waals surface area contributed by atoms with Crippen molar-refractivity contribution in [3.8, 4) is 23.2 Å². The molecule has 1 fully saturated rings. The molecule has 1 aromatic heterocycles. The van der Waals surface area contributed by atoms with Gasteiger partial charge in [0.05, 0.1) is 22.9 Å². The zero-order valence-corrected chi connectivity index (χ0v) is 16.7. The smallest absolute Gasteiger partial charge is 0.261 e. The van der Waals surface area contributed by atoms with Gasteiger partial charge in [-0.1, -0.05) is 18.2 Å². The fraction of sp³-hybridized carbons (Fsp3) is 0.182. The Hall–Kier alpha value is -3.44. The summed E-state index contributed by atoms with van der Waals surface area (Å²) in [5.74, 6) is 0.152. The second kappa shape index (κ2) is 8.13. The van der Waals surface area contributed by atoms with Gasteiger partial charge in [-0.05, 0) is 61.2 Å². The largest absolute Gasteiger partial charge is 0.476 e. The van der Waals surface area contributed by atoms with Crippen LogP contribution < -0.4 is 9.46 Å². The number of ether oxygens (including phenoxy) is 1. The lowest BCUT2D eigenvalue weighted by atomic mass is 10.1. The SMILES string of the molecule is N#Cc1cc(NS(=O)(=O)c2ccccc2)c(-c2ccc(F)cc2)nc1OCC1CC1. The van der Waals surface area contributed by atoms with E-state index >= 15 is 0 Å². The van der Waals surface area contributed by atoms with Crippen molar-refractivity contribution < 1.29 is 17.5 Å². The van der Waals surface area contributed by atoms with E-state index < -0.39 is 15.8 Å². The molecule has 1 N–H and O–H groups in total. The fourth-order valence-corrected chi connectivity index (χ4v) is 3.96. The first-order valence-electron chi connectivity index (χ1n) is 9.38. The van der Waals surface area contributed by atoms with Crippen molar-refractivity contribution in [1.82, 2.24) is 4.98 Å². The van der Waals surface area contributed by atoms with Gasteiger partial charge in [0.1, 0.15) is 17.4 Å². The van der Waals surface area contributed by atoms with Gasteiger partial charge in [-0.2, -0.15) is 5.26 Å². The molecule has 1 heterocycles. The first-order valence-corrected chi connectivity index (χ1v) is 10.9. The lowest BCUT2D eigenvalue weighted by Gasteiger charge is -2.15. The number of sulfonamides is 1. The van der Waals surface area contributed by atoms with E-state index in [1.54, 1.807) is 18.2 Å². The first kappa shape index (κ1) is 19.9. The highest BCUT2D eigenvalue weighted by Crippen LogP contribution is 2.34. The predicted octanol–water partition coefficient (Wildman–Crippen LogP) is 4.35. The molecule has 30 heavy (non-hydrogen) atoms. The number of benzene rings is 2. The van der Waals surface area contributed by atoms with Gasteiger partial charge < -0.3 is 4.74 Å². The maximum Gasteiger partial charge on any atom is 0.261 e. The zero-order valence-electron chi connectivity index (χ0n) is 15.9. The van der Waals surface area contributed by atoms with E-state index in [2.05, 4.69) is 9.71 Å². The average molecular weight is 423 g/mol. The van der Waals surface area contributed by atoms with E-state index in [-0.39, 0.29) is 27.7 Å². The molecule has 0 unspecified atom stereocenters. The van der Waals surface area contributed by atoms with Crippen molar-refractivity contribution in [1.29, 1.82) is 5.26 Å². The summed E-state index contributed by atoms with van der Waals surface area (Å²) in [5.41, 5.74) is 0.968. The normalized spacial score (nSPS) is 13.5. The molecule has 2 aromatic carbocycles. The van der Waals surface area contributed by atoms with Gasteiger partial charge in [-0.25, -0.2) is 17.8 Å². The Morgan fingerprint density at radius 3 is 2.47 bits per heavy atom. The lowest BCUT2D eigenvalue weighted by molar-refractivity contribution is 0.288. The number of nitrogens with zero attached hydrogens (tertiary/aromatic N) is 2. The van der Waals surface area contributed by atoms with E-state index in [1.807, 2.05) is 6.07 Å². The number of hydrogen-bond donors (Lipinski definition) is 1. The summed E-state index contributed by atoms with van der Waals surface area (Å²) in [6.45, 7) is 0.444. The van der Waals surface area contributed by atoms with Crippen molar-refractivity contribution in [2.75, 3.05) is 11.3 Å². The fourth-order valence-electron chi connectivity index (χ4n) is 2.88. The van der Waals surface area contributed by atoms with Gasteiger partial charge in [0.25, 0.3) is 10.0 Å². The van der Waals surface area contributed by atoms with Crippen LogP contribution in [0.3, 0.4) is 0 Å². The molecule has 0 bridgehead atoms. The molecule has 0 aliphatic heterocycles. The van der Waals surface area contributed by atoms with Crippen LogP contribution in [0.2, 0.25) is 0 Å². The number of nitrogens with one attached hydrogen (secondary N) is 1. The molecule has 4 rings (SSSR count). The summed E-state index contributed by atoms with van der Waals surface area (Å²) in [5, 5.41) is 9.54. The quantitative estimate of drug-likeness (QED) is 0.610. The molecule has 8 heteroatoms. The van der Waals surface area contributed by atoms with Gasteiger partial charge in [0.2, 0.25) is 5.88 Å². The molecule has 1 aliphatic rings. The summed E-state index contributed by atoms with van der Waals surface area (Å²) in [6, 6.07) is 16.8. The number of anilines is 1. The van der Waals surface area contributed by atoms with Crippen LogP contribution in [0, 0.1) is 23.1 Å². The highest BCUT2D eigenvalue weighted by molar-refractivity contribution is 7.92. The third-order valence-corrected chi connectivity index (χ3v) is 6.06. The van der Waals surface area contributed by atoms with Crippen molar-refractivity contribution in [3.05, 3.63) is 72.0 Å². The molecule has 3 aromatic rings. The third-order valence-electron chi connectivity index (χ3n) is 4.68. The van der Waals surface area contributed by atoms with Crippen LogP contribution in [0.1, 0.15) is 18.4 Å². The van der Waals surface area contributed by atoms with Crippen LogP contribution in [0.5, 0.6) is 5.88 Å². The summed E-state index contributed by atoms with van der Waals surface area (Å²) in [4.78, 5) is 4.50.